The summed E-state index contributed by atoms with van der Waals surface area (Å²) in [6, 6.07) is 24.1. The number of Topliss-reactive ketones (excluding diaryl/α,β-unsaturated/α-hetero) is 1. The molecule has 0 amide bonds. The number of fused-ring (bicyclic) bond motifs is 1. The van der Waals surface area contributed by atoms with E-state index in [0.29, 0.717) is 10.7 Å². The number of hydrogen-bond acceptors (Lipinski definition) is 5. The minimum absolute atomic E-state index is 0.0623. The average molecular weight is 526 g/mol. The van der Waals surface area contributed by atoms with E-state index in [0.717, 1.165) is 52.0 Å². The van der Waals surface area contributed by atoms with Gasteiger partial charge in [-0.3, -0.25) is 4.79 Å². The number of methoxy groups -OCH3 is 1. The van der Waals surface area contributed by atoms with Gasteiger partial charge in [0.2, 0.25) is 0 Å². The third-order valence-corrected chi connectivity index (χ3v) is 7.75. The Hall–Kier alpha value is -3.97. The summed E-state index contributed by atoms with van der Waals surface area (Å²) in [7, 11) is 1.66. The van der Waals surface area contributed by atoms with Crippen LogP contribution in [0.25, 0.3) is 22.0 Å². The van der Waals surface area contributed by atoms with Gasteiger partial charge in [-0.25, -0.2) is 4.39 Å². The molecule has 3 aromatic carbocycles. The van der Waals surface area contributed by atoms with E-state index < -0.39 is 0 Å². The fourth-order valence-corrected chi connectivity index (χ4v) is 5.53. The molecule has 0 radical (unpaired) electrons. The Morgan fingerprint density at radius 3 is 2.37 bits per heavy atom. The molecule has 0 saturated carbocycles. The minimum Gasteiger partial charge on any atom is -0.497 e. The smallest absolute Gasteiger partial charge is 0.174 e. The number of carbonyl (C=O) groups excluding carboxylic acids is 1. The number of benzene rings is 3. The van der Waals surface area contributed by atoms with E-state index in [-0.39, 0.29) is 17.4 Å². The molecule has 5 aromatic rings. The molecule has 5 rings (SSSR count). The predicted octanol–water partition coefficient (Wildman–Crippen LogP) is 7.08. The van der Waals surface area contributed by atoms with Gasteiger partial charge in [0.1, 0.15) is 22.3 Å². The summed E-state index contributed by atoms with van der Waals surface area (Å²) < 4.78 is 20.9. The third kappa shape index (κ3) is 5.34. The van der Waals surface area contributed by atoms with E-state index in [2.05, 4.69) is 26.9 Å². The van der Waals surface area contributed by atoms with E-state index >= 15 is 0 Å². The summed E-state index contributed by atoms with van der Waals surface area (Å²) in [5.41, 5.74) is 5.49. The van der Waals surface area contributed by atoms with Crippen molar-refractivity contribution < 1.29 is 13.9 Å². The Balaban J connectivity index is 1.31. The average Bonchev–Trinajstić information content (AvgIpc) is 3.24. The maximum absolute atomic E-state index is 13.4. The number of thioether (sulfide) groups is 1. The van der Waals surface area contributed by atoms with Crippen LogP contribution in [0.15, 0.2) is 83.9 Å². The molecule has 0 spiro atoms. The van der Waals surface area contributed by atoms with Crippen LogP contribution in [0, 0.1) is 19.7 Å². The van der Waals surface area contributed by atoms with Crippen molar-refractivity contribution in [1.82, 2.24) is 14.8 Å². The molecule has 5 nitrogen and oxygen atoms in total. The largest absolute Gasteiger partial charge is 0.497 e. The first-order valence-electron chi connectivity index (χ1n) is 12.4. The molecule has 192 valence electrons. The van der Waals surface area contributed by atoms with Gasteiger partial charge in [-0.05, 0) is 68.3 Å². The number of ketones is 1. The van der Waals surface area contributed by atoms with Gasteiger partial charge in [-0.15, -0.1) is 10.2 Å². The van der Waals surface area contributed by atoms with Crippen LogP contribution in [0.5, 0.6) is 5.75 Å². The molecule has 0 saturated heterocycles. The molecular formula is C31H28FN3O2S. The van der Waals surface area contributed by atoms with Gasteiger partial charge in [0, 0.05) is 39.8 Å². The number of nitrogens with zero attached hydrogens (tertiary/aromatic N) is 3. The Labute approximate surface area is 225 Å². The summed E-state index contributed by atoms with van der Waals surface area (Å²) in [6.07, 6.45) is 0.866. The molecule has 38 heavy (non-hydrogen) atoms. The van der Waals surface area contributed by atoms with Gasteiger partial charge >= 0.3 is 0 Å². The van der Waals surface area contributed by atoms with Gasteiger partial charge in [0.25, 0.3) is 0 Å². The first-order chi connectivity index (χ1) is 18.4. The van der Waals surface area contributed by atoms with Crippen LogP contribution in [0.1, 0.15) is 27.3 Å². The Morgan fingerprint density at radius 2 is 1.66 bits per heavy atom. The quantitative estimate of drug-likeness (QED) is 0.152. The van der Waals surface area contributed by atoms with E-state index in [1.807, 2.05) is 56.3 Å². The fraction of sp³-hybridized carbons (Fsp3) is 0.194. The van der Waals surface area contributed by atoms with E-state index in [4.69, 9.17) is 4.74 Å². The van der Waals surface area contributed by atoms with Crippen molar-refractivity contribution in [3.8, 4) is 17.0 Å². The highest BCUT2D eigenvalue weighted by atomic mass is 32.2. The first-order valence-corrected chi connectivity index (χ1v) is 13.4. The highest BCUT2D eigenvalue weighted by Gasteiger charge is 2.18. The summed E-state index contributed by atoms with van der Waals surface area (Å²) in [6.45, 7) is 4.84. The van der Waals surface area contributed by atoms with Crippen LogP contribution >= 0.6 is 11.8 Å². The number of hydrogen-bond donors (Lipinski definition) is 0. The minimum atomic E-state index is -0.295. The lowest BCUT2D eigenvalue weighted by atomic mass is 10.1. The topological polar surface area (TPSA) is 57.0 Å². The molecule has 0 aliphatic rings. The van der Waals surface area contributed by atoms with Crippen LogP contribution in [0.4, 0.5) is 4.39 Å². The van der Waals surface area contributed by atoms with E-state index in [1.165, 1.54) is 29.5 Å². The number of aromatic nitrogens is 3. The van der Waals surface area contributed by atoms with Gasteiger partial charge < -0.3 is 9.30 Å². The molecule has 0 bridgehead atoms. The van der Waals surface area contributed by atoms with Gasteiger partial charge in [0.05, 0.1) is 12.9 Å². The van der Waals surface area contributed by atoms with E-state index in [9.17, 15) is 9.18 Å². The molecule has 0 aliphatic carbocycles. The molecule has 0 fully saturated rings. The van der Waals surface area contributed by atoms with Crippen LogP contribution in [0.3, 0.4) is 0 Å². The van der Waals surface area contributed by atoms with Gasteiger partial charge in [0.15, 0.2) is 5.78 Å². The van der Waals surface area contributed by atoms with Crippen molar-refractivity contribution in [1.29, 1.82) is 0 Å². The number of rotatable bonds is 9. The van der Waals surface area contributed by atoms with Crippen molar-refractivity contribution >= 4 is 28.3 Å². The maximum Gasteiger partial charge on any atom is 0.174 e. The SMILES string of the molecule is COc1ccc(CCn2c(C)cc(C(=O)CSc3nnc(-c4ccc(F)cc4)c4ccccc34)c2C)cc1. The van der Waals surface area contributed by atoms with Crippen molar-refractivity contribution in [2.45, 2.75) is 31.8 Å². The lowest BCUT2D eigenvalue weighted by Crippen LogP contribution is -2.08. The molecule has 0 aliphatic heterocycles. The normalized spacial score (nSPS) is 11.2. The predicted molar refractivity (Wildman–Crippen MR) is 151 cm³/mol. The molecule has 0 unspecified atom stereocenters. The fourth-order valence-electron chi connectivity index (χ4n) is 4.68. The molecular weight excluding hydrogens is 497 g/mol. The van der Waals surface area contributed by atoms with Crippen molar-refractivity contribution in [3.05, 3.63) is 107 Å². The maximum atomic E-state index is 13.4. The standard InChI is InChI=1S/C31H28FN3O2S/c1-20-18-28(21(2)35(20)17-16-22-8-14-25(37-3)15-9-22)29(36)19-38-31-27-7-5-4-6-26(27)30(33-34-31)23-10-12-24(32)13-11-23/h4-15,18H,16-17,19H2,1-3H3. The number of aryl methyl sites for hydroxylation is 2. The Morgan fingerprint density at radius 1 is 0.947 bits per heavy atom. The zero-order chi connectivity index (χ0) is 26.6. The monoisotopic (exact) mass is 525 g/mol. The van der Waals surface area contributed by atoms with Crippen LogP contribution in [-0.2, 0) is 13.0 Å². The molecule has 0 N–H and O–H groups in total. The number of ether oxygens (including phenoxy) is 1. The number of carbonyl (C=O) groups is 1. The second kappa shape index (κ2) is 11.2. The Bertz CT molecular complexity index is 1590. The second-order valence-electron chi connectivity index (χ2n) is 9.15. The summed E-state index contributed by atoms with van der Waals surface area (Å²) >= 11 is 1.39. The van der Waals surface area contributed by atoms with Crippen LogP contribution < -0.4 is 4.74 Å². The van der Waals surface area contributed by atoms with Crippen molar-refractivity contribution in [2.75, 3.05) is 12.9 Å². The lowest BCUT2D eigenvalue weighted by Gasteiger charge is -2.11. The highest BCUT2D eigenvalue weighted by molar-refractivity contribution is 8.00. The number of halogens is 1. The van der Waals surface area contributed by atoms with Crippen LogP contribution in [-0.4, -0.2) is 33.4 Å². The highest BCUT2D eigenvalue weighted by Crippen LogP contribution is 2.32. The molecule has 7 heteroatoms. The molecule has 0 atom stereocenters. The molecule has 2 heterocycles. The second-order valence-corrected chi connectivity index (χ2v) is 10.1. The van der Waals surface area contributed by atoms with E-state index in [1.54, 1.807) is 19.2 Å². The zero-order valence-electron chi connectivity index (χ0n) is 21.6. The molecule has 2 aromatic heterocycles. The lowest BCUT2D eigenvalue weighted by molar-refractivity contribution is 0.102. The summed E-state index contributed by atoms with van der Waals surface area (Å²) in [5, 5.41) is 11.4. The van der Waals surface area contributed by atoms with Crippen molar-refractivity contribution in [2.24, 2.45) is 0 Å². The Kier molecular flexibility index (Phi) is 7.56. The van der Waals surface area contributed by atoms with Crippen LogP contribution in [0.2, 0.25) is 0 Å². The zero-order valence-corrected chi connectivity index (χ0v) is 22.4. The van der Waals surface area contributed by atoms with Crippen molar-refractivity contribution in [3.63, 3.8) is 0 Å². The summed E-state index contributed by atoms with van der Waals surface area (Å²) in [4.78, 5) is 13.3. The third-order valence-electron chi connectivity index (χ3n) is 6.77. The first kappa shape index (κ1) is 25.7. The van der Waals surface area contributed by atoms with Gasteiger partial charge in [-0.2, -0.15) is 0 Å². The van der Waals surface area contributed by atoms with Gasteiger partial charge in [-0.1, -0.05) is 48.2 Å². The summed E-state index contributed by atoms with van der Waals surface area (Å²) in [5.74, 6) is 0.872.